The summed E-state index contributed by atoms with van der Waals surface area (Å²) in [4.78, 5) is 17.6. The predicted molar refractivity (Wildman–Crippen MR) is 93.9 cm³/mol. The molecule has 22 heavy (non-hydrogen) atoms. The first-order valence-corrected chi connectivity index (χ1v) is 10.3. The summed E-state index contributed by atoms with van der Waals surface area (Å²) in [7, 11) is -0.736. The van der Waals surface area contributed by atoms with E-state index < -0.39 is 10.8 Å². The van der Waals surface area contributed by atoms with Crippen LogP contribution in [-0.4, -0.2) is 70.4 Å². The van der Waals surface area contributed by atoms with Gasteiger partial charge in [-0.05, 0) is 19.1 Å². The fraction of sp³-hybridized carbons (Fsp3) is 0.562. The topological polar surface area (TPSA) is 40.6 Å². The Bertz CT molecular complexity index is 511. The number of hydrogen-bond acceptors (Lipinski definition) is 4. The number of amides is 1. The zero-order chi connectivity index (χ0) is 15.9. The minimum absolute atomic E-state index is 0.212. The molecule has 0 aromatic heterocycles. The van der Waals surface area contributed by atoms with Crippen LogP contribution in [0.5, 0.6) is 0 Å². The zero-order valence-electron chi connectivity index (χ0n) is 13.3. The van der Waals surface area contributed by atoms with E-state index in [0.29, 0.717) is 5.75 Å². The Balaban J connectivity index is 1.70. The second-order valence-electron chi connectivity index (χ2n) is 5.60. The summed E-state index contributed by atoms with van der Waals surface area (Å²) in [6.07, 6.45) is 1.74. The molecule has 122 valence electrons. The van der Waals surface area contributed by atoms with E-state index in [1.165, 1.54) is 5.56 Å². The Kier molecular flexibility index (Phi) is 6.92. The van der Waals surface area contributed by atoms with Crippen molar-refractivity contribution < 1.29 is 9.00 Å². The van der Waals surface area contributed by atoms with Crippen molar-refractivity contribution in [1.82, 2.24) is 9.80 Å². The normalized spacial score (nSPS) is 17.5. The summed E-state index contributed by atoms with van der Waals surface area (Å²) in [5.41, 5.74) is 1.24. The smallest absolute Gasteiger partial charge is 0.233 e. The minimum atomic E-state index is -0.736. The molecule has 1 saturated heterocycles. The van der Waals surface area contributed by atoms with E-state index in [0.717, 1.165) is 43.4 Å². The van der Waals surface area contributed by atoms with E-state index in [1.807, 2.05) is 4.90 Å². The van der Waals surface area contributed by atoms with Gasteiger partial charge in [0.15, 0.2) is 0 Å². The van der Waals surface area contributed by atoms with E-state index in [4.69, 9.17) is 0 Å². The van der Waals surface area contributed by atoms with Gasteiger partial charge in [-0.2, -0.15) is 0 Å². The Hall–Kier alpha value is -0.850. The van der Waals surface area contributed by atoms with Crippen LogP contribution in [0.3, 0.4) is 0 Å². The lowest BCUT2D eigenvalue weighted by atomic mass is 10.2. The van der Waals surface area contributed by atoms with Crippen molar-refractivity contribution in [2.75, 3.05) is 50.5 Å². The number of carbonyl (C=O) groups excluding carboxylic acids is 1. The number of piperazine rings is 1. The molecule has 1 fully saturated rings. The van der Waals surface area contributed by atoms with E-state index >= 15 is 0 Å². The number of carbonyl (C=O) groups is 1. The molecule has 0 spiro atoms. The van der Waals surface area contributed by atoms with Crippen LogP contribution >= 0.6 is 11.8 Å². The van der Waals surface area contributed by atoms with E-state index in [-0.39, 0.29) is 5.91 Å². The summed E-state index contributed by atoms with van der Waals surface area (Å²) in [5, 5.41) is 0. The molecule has 1 amide bonds. The summed E-state index contributed by atoms with van der Waals surface area (Å²) < 4.78 is 11.1. The Morgan fingerprint density at radius 3 is 2.41 bits per heavy atom. The fourth-order valence-corrected chi connectivity index (χ4v) is 3.67. The monoisotopic (exact) mass is 340 g/mol. The molecule has 0 N–H and O–H groups in total. The van der Waals surface area contributed by atoms with Crippen molar-refractivity contribution in [1.29, 1.82) is 0 Å². The summed E-state index contributed by atoms with van der Waals surface area (Å²) >= 11 is 1.60. The Morgan fingerprint density at radius 2 is 1.82 bits per heavy atom. The van der Waals surface area contributed by atoms with Gasteiger partial charge in [-0.1, -0.05) is 17.7 Å². The molecule has 1 heterocycles. The SMILES string of the molecule is Cc1ccc(SCC(=O)N2CCN(CC[S@@](C)=O)CC2)cc1. The van der Waals surface area contributed by atoms with E-state index in [1.54, 1.807) is 18.0 Å². The molecular weight excluding hydrogens is 316 g/mol. The molecule has 1 aliphatic heterocycles. The third kappa shape index (κ3) is 5.74. The average Bonchev–Trinajstić information content (AvgIpc) is 2.52. The molecule has 0 aliphatic carbocycles. The molecule has 0 unspecified atom stereocenters. The van der Waals surface area contributed by atoms with Gasteiger partial charge >= 0.3 is 0 Å². The molecule has 0 bridgehead atoms. The predicted octanol–water partition coefficient (Wildman–Crippen LogP) is 1.61. The van der Waals surface area contributed by atoms with Gasteiger partial charge in [0.25, 0.3) is 0 Å². The number of thioether (sulfide) groups is 1. The summed E-state index contributed by atoms with van der Waals surface area (Å²) in [6.45, 7) is 6.26. The first-order valence-electron chi connectivity index (χ1n) is 7.54. The Labute approximate surface area is 139 Å². The quantitative estimate of drug-likeness (QED) is 0.738. The largest absolute Gasteiger partial charge is 0.339 e. The highest BCUT2D eigenvalue weighted by atomic mass is 32.2. The van der Waals surface area contributed by atoms with Crippen LogP contribution in [0.4, 0.5) is 0 Å². The highest BCUT2D eigenvalue weighted by Gasteiger charge is 2.20. The van der Waals surface area contributed by atoms with Gasteiger partial charge in [0.2, 0.25) is 5.91 Å². The summed E-state index contributed by atoms with van der Waals surface area (Å²) in [6, 6.07) is 8.28. The highest BCUT2D eigenvalue weighted by molar-refractivity contribution is 8.00. The molecule has 1 aromatic rings. The lowest BCUT2D eigenvalue weighted by Gasteiger charge is -2.34. The first-order chi connectivity index (χ1) is 10.5. The first kappa shape index (κ1) is 17.5. The second kappa shape index (κ2) is 8.70. The number of aryl methyl sites for hydroxylation is 1. The van der Waals surface area contributed by atoms with Gasteiger partial charge in [-0.25, -0.2) is 0 Å². The van der Waals surface area contributed by atoms with Crippen LogP contribution in [0.15, 0.2) is 29.2 Å². The van der Waals surface area contributed by atoms with Gasteiger partial charge in [0, 0.05) is 60.4 Å². The number of hydrogen-bond donors (Lipinski definition) is 0. The Morgan fingerprint density at radius 1 is 1.18 bits per heavy atom. The standard InChI is InChI=1S/C16H24N2O2S2/c1-14-3-5-15(6-4-14)21-13-16(19)18-9-7-17(8-10-18)11-12-22(2)20/h3-6H,7-13H2,1-2H3/t22-/m1/s1. The third-order valence-electron chi connectivity index (χ3n) is 3.80. The molecule has 6 heteroatoms. The number of rotatable bonds is 6. The molecule has 2 rings (SSSR count). The lowest BCUT2D eigenvalue weighted by molar-refractivity contribution is -0.130. The average molecular weight is 341 g/mol. The summed E-state index contributed by atoms with van der Waals surface area (Å²) in [5.74, 6) is 1.43. The molecule has 1 aromatic carbocycles. The van der Waals surface area contributed by atoms with Gasteiger partial charge < -0.3 is 4.90 Å². The van der Waals surface area contributed by atoms with Gasteiger partial charge in [0.05, 0.1) is 5.75 Å². The van der Waals surface area contributed by atoms with E-state index in [2.05, 4.69) is 36.1 Å². The molecule has 0 saturated carbocycles. The zero-order valence-corrected chi connectivity index (χ0v) is 14.9. The van der Waals surface area contributed by atoms with Crippen molar-refractivity contribution in [2.45, 2.75) is 11.8 Å². The maximum Gasteiger partial charge on any atom is 0.233 e. The van der Waals surface area contributed by atoms with Crippen LogP contribution < -0.4 is 0 Å². The van der Waals surface area contributed by atoms with Crippen molar-refractivity contribution in [3.63, 3.8) is 0 Å². The second-order valence-corrected chi connectivity index (χ2v) is 8.20. The minimum Gasteiger partial charge on any atom is -0.339 e. The van der Waals surface area contributed by atoms with Gasteiger partial charge in [-0.15, -0.1) is 11.8 Å². The van der Waals surface area contributed by atoms with Crippen molar-refractivity contribution >= 4 is 28.5 Å². The van der Waals surface area contributed by atoms with Crippen LogP contribution in [-0.2, 0) is 15.6 Å². The molecule has 0 radical (unpaired) electrons. The van der Waals surface area contributed by atoms with Crippen molar-refractivity contribution in [3.8, 4) is 0 Å². The van der Waals surface area contributed by atoms with Crippen LogP contribution in [0.2, 0.25) is 0 Å². The molecule has 4 nitrogen and oxygen atoms in total. The fourth-order valence-electron chi connectivity index (χ4n) is 2.35. The van der Waals surface area contributed by atoms with Crippen molar-refractivity contribution in [3.05, 3.63) is 29.8 Å². The number of benzene rings is 1. The molecule has 1 aliphatic rings. The van der Waals surface area contributed by atoms with Crippen LogP contribution in [0.25, 0.3) is 0 Å². The maximum absolute atomic E-state index is 12.2. The van der Waals surface area contributed by atoms with Gasteiger partial charge in [0.1, 0.15) is 0 Å². The molecule has 1 atom stereocenters. The lowest BCUT2D eigenvalue weighted by Crippen LogP contribution is -2.49. The maximum atomic E-state index is 12.2. The van der Waals surface area contributed by atoms with Crippen molar-refractivity contribution in [2.24, 2.45) is 0 Å². The molecular formula is C16H24N2O2S2. The third-order valence-corrected chi connectivity index (χ3v) is 5.56. The van der Waals surface area contributed by atoms with Gasteiger partial charge in [-0.3, -0.25) is 13.9 Å². The van der Waals surface area contributed by atoms with Crippen LogP contribution in [0, 0.1) is 6.92 Å². The van der Waals surface area contributed by atoms with Crippen LogP contribution in [0.1, 0.15) is 5.56 Å². The highest BCUT2D eigenvalue weighted by Crippen LogP contribution is 2.19. The number of nitrogens with zero attached hydrogens (tertiary/aromatic N) is 2. The van der Waals surface area contributed by atoms with E-state index in [9.17, 15) is 9.00 Å².